The first-order valence-electron chi connectivity index (χ1n) is 6.48. The lowest BCUT2D eigenvalue weighted by atomic mass is 10.1. The van der Waals surface area contributed by atoms with Crippen LogP contribution in [0.2, 0.25) is 0 Å². The van der Waals surface area contributed by atoms with E-state index in [9.17, 15) is 4.79 Å². The Morgan fingerprint density at radius 1 is 1.35 bits per heavy atom. The Morgan fingerprint density at radius 2 is 2.12 bits per heavy atom. The van der Waals surface area contributed by atoms with E-state index in [1.165, 1.54) is 19.3 Å². The van der Waals surface area contributed by atoms with Crippen LogP contribution >= 0.6 is 0 Å². The fraction of sp³-hybridized carbons (Fsp3) is 0.643. The molecule has 0 aliphatic rings. The van der Waals surface area contributed by atoms with E-state index < -0.39 is 0 Å². The third kappa shape index (κ3) is 3.35. The molecular formula is C14H23NO2. The molecular weight excluding hydrogens is 214 g/mol. The summed E-state index contributed by atoms with van der Waals surface area (Å²) in [6.07, 6.45) is 6.71. The number of hydrogen-bond donors (Lipinski definition) is 0. The number of nitrogens with zero attached hydrogens (tertiary/aromatic N) is 1. The second kappa shape index (κ2) is 7.15. The Labute approximate surface area is 104 Å². The smallest absolute Gasteiger partial charge is 0.193 e. The third-order valence-electron chi connectivity index (χ3n) is 3.22. The van der Waals surface area contributed by atoms with Crippen LogP contribution < -0.4 is 4.74 Å². The summed E-state index contributed by atoms with van der Waals surface area (Å²) in [7, 11) is 1.65. The van der Waals surface area contributed by atoms with Crippen molar-refractivity contribution in [2.24, 2.45) is 0 Å². The zero-order chi connectivity index (χ0) is 12.7. The largest absolute Gasteiger partial charge is 0.482 e. The number of unbranched alkanes of at least 4 members (excludes halogenated alkanes) is 2. The Kier molecular flexibility index (Phi) is 5.81. The van der Waals surface area contributed by atoms with Gasteiger partial charge in [0.05, 0.1) is 12.8 Å². The van der Waals surface area contributed by atoms with Gasteiger partial charge in [0.1, 0.15) is 0 Å². The molecule has 0 radical (unpaired) electrons. The van der Waals surface area contributed by atoms with Gasteiger partial charge < -0.3 is 9.30 Å². The highest BCUT2D eigenvalue weighted by molar-refractivity contribution is 5.73. The van der Waals surface area contributed by atoms with E-state index in [0.717, 1.165) is 25.0 Å². The molecule has 0 saturated carbocycles. The van der Waals surface area contributed by atoms with Crippen molar-refractivity contribution < 1.29 is 9.53 Å². The van der Waals surface area contributed by atoms with Crippen LogP contribution in [0.1, 0.15) is 62.5 Å². The van der Waals surface area contributed by atoms with Gasteiger partial charge in [0.25, 0.3) is 0 Å². The molecule has 0 aliphatic heterocycles. The van der Waals surface area contributed by atoms with Crippen LogP contribution in [-0.2, 0) is 0 Å². The van der Waals surface area contributed by atoms with E-state index in [1.807, 2.05) is 16.7 Å². The average molecular weight is 237 g/mol. The zero-order valence-corrected chi connectivity index (χ0v) is 11.1. The number of methoxy groups -OCH3 is 1. The van der Waals surface area contributed by atoms with E-state index in [2.05, 4.69) is 13.8 Å². The molecule has 1 heterocycles. The maximum absolute atomic E-state index is 11.0. The molecule has 0 aliphatic carbocycles. The van der Waals surface area contributed by atoms with E-state index in [1.54, 1.807) is 7.11 Å². The summed E-state index contributed by atoms with van der Waals surface area (Å²) in [4.78, 5) is 11.0. The molecule has 0 bridgehead atoms. The van der Waals surface area contributed by atoms with E-state index in [0.29, 0.717) is 11.7 Å². The van der Waals surface area contributed by atoms with Crippen molar-refractivity contribution in [3.8, 4) is 5.88 Å². The lowest BCUT2D eigenvalue weighted by molar-refractivity contribution is 0.111. The van der Waals surface area contributed by atoms with Gasteiger partial charge in [-0.1, -0.05) is 33.1 Å². The lowest BCUT2D eigenvalue weighted by Gasteiger charge is -2.20. The molecule has 1 atom stereocenters. The van der Waals surface area contributed by atoms with Crippen LogP contribution in [0.15, 0.2) is 12.1 Å². The molecule has 3 nitrogen and oxygen atoms in total. The summed E-state index contributed by atoms with van der Waals surface area (Å²) in [6, 6.07) is 4.06. The van der Waals surface area contributed by atoms with Gasteiger partial charge in [-0.05, 0) is 18.9 Å². The van der Waals surface area contributed by atoms with Crippen molar-refractivity contribution in [3.63, 3.8) is 0 Å². The Hall–Kier alpha value is -1.25. The summed E-state index contributed by atoms with van der Waals surface area (Å²) in [5.41, 5.74) is 0.713. The molecule has 3 heteroatoms. The molecule has 1 aromatic rings. The summed E-state index contributed by atoms with van der Waals surface area (Å²) < 4.78 is 7.35. The fourth-order valence-electron chi connectivity index (χ4n) is 2.24. The van der Waals surface area contributed by atoms with Crippen LogP contribution in [-0.4, -0.2) is 18.0 Å². The Bertz CT molecular complexity index is 344. The van der Waals surface area contributed by atoms with Crippen molar-refractivity contribution in [2.75, 3.05) is 7.11 Å². The first-order valence-corrected chi connectivity index (χ1v) is 6.48. The normalized spacial score (nSPS) is 12.4. The second-order valence-electron chi connectivity index (χ2n) is 4.35. The minimum atomic E-state index is 0.367. The van der Waals surface area contributed by atoms with E-state index >= 15 is 0 Å². The highest BCUT2D eigenvalue weighted by Gasteiger charge is 2.16. The minimum Gasteiger partial charge on any atom is -0.482 e. The summed E-state index contributed by atoms with van der Waals surface area (Å²) in [6.45, 7) is 4.36. The molecule has 17 heavy (non-hydrogen) atoms. The van der Waals surface area contributed by atoms with Crippen LogP contribution in [0, 0.1) is 0 Å². The average Bonchev–Trinajstić information content (AvgIpc) is 2.77. The minimum absolute atomic E-state index is 0.367. The lowest BCUT2D eigenvalue weighted by Crippen LogP contribution is -2.12. The number of hydrogen-bond acceptors (Lipinski definition) is 2. The third-order valence-corrected chi connectivity index (χ3v) is 3.22. The summed E-state index contributed by atoms with van der Waals surface area (Å²) in [5.74, 6) is 0.787. The van der Waals surface area contributed by atoms with Crippen molar-refractivity contribution in [1.29, 1.82) is 0 Å². The summed E-state index contributed by atoms with van der Waals surface area (Å²) >= 11 is 0. The number of carbonyl (C=O) groups excluding carboxylic acids is 1. The predicted molar refractivity (Wildman–Crippen MR) is 69.8 cm³/mol. The second-order valence-corrected chi connectivity index (χ2v) is 4.35. The zero-order valence-electron chi connectivity index (χ0n) is 11.1. The van der Waals surface area contributed by atoms with Crippen molar-refractivity contribution in [3.05, 3.63) is 17.8 Å². The van der Waals surface area contributed by atoms with Crippen molar-refractivity contribution in [2.45, 2.75) is 52.0 Å². The molecule has 1 unspecified atom stereocenters. The summed E-state index contributed by atoms with van der Waals surface area (Å²) in [5, 5.41) is 0. The van der Waals surface area contributed by atoms with Gasteiger partial charge in [0, 0.05) is 12.1 Å². The molecule has 0 spiro atoms. The van der Waals surface area contributed by atoms with Crippen molar-refractivity contribution in [1.82, 2.24) is 4.57 Å². The van der Waals surface area contributed by atoms with Gasteiger partial charge in [-0.2, -0.15) is 0 Å². The molecule has 0 saturated heterocycles. The molecule has 0 aromatic carbocycles. The van der Waals surface area contributed by atoms with E-state index in [-0.39, 0.29) is 0 Å². The fourth-order valence-corrected chi connectivity index (χ4v) is 2.24. The number of rotatable bonds is 8. The SMILES string of the molecule is CCCCCC(CC)n1c(C=O)ccc1OC. The highest BCUT2D eigenvalue weighted by Crippen LogP contribution is 2.28. The quantitative estimate of drug-likeness (QED) is 0.508. The molecule has 0 N–H and O–H groups in total. The molecule has 1 rings (SSSR count). The Balaban J connectivity index is 2.84. The maximum atomic E-state index is 11.0. The number of ether oxygens (including phenoxy) is 1. The molecule has 0 amide bonds. The standard InChI is InChI=1S/C14H23NO2/c1-4-6-7-8-12(5-2)15-13(11-16)9-10-14(15)17-3/h9-12H,4-8H2,1-3H3. The first-order chi connectivity index (χ1) is 8.28. The van der Waals surface area contributed by atoms with Crippen LogP contribution in [0.5, 0.6) is 5.88 Å². The predicted octanol–water partition coefficient (Wildman–Crippen LogP) is 3.84. The van der Waals surface area contributed by atoms with E-state index in [4.69, 9.17) is 4.74 Å². The monoisotopic (exact) mass is 237 g/mol. The number of aromatic nitrogens is 1. The number of aldehydes is 1. The van der Waals surface area contributed by atoms with Gasteiger partial charge in [0.15, 0.2) is 12.2 Å². The highest BCUT2D eigenvalue weighted by atomic mass is 16.5. The molecule has 96 valence electrons. The van der Waals surface area contributed by atoms with Gasteiger partial charge >= 0.3 is 0 Å². The first kappa shape index (κ1) is 13.8. The number of carbonyl (C=O) groups is 1. The van der Waals surface area contributed by atoms with Crippen LogP contribution in [0.4, 0.5) is 0 Å². The molecule has 0 fully saturated rings. The van der Waals surface area contributed by atoms with Crippen LogP contribution in [0.3, 0.4) is 0 Å². The Morgan fingerprint density at radius 3 is 2.65 bits per heavy atom. The van der Waals surface area contributed by atoms with Gasteiger partial charge in [-0.25, -0.2) is 0 Å². The molecule has 1 aromatic heterocycles. The van der Waals surface area contributed by atoms with Crippen LogP contribution in [0.25, 0.3) is 0 Å². The van der Waals surface area contributed by atoms with Crippen molar-refractivity contribution >= 4 is 6.29 Å². The van der Waals surface area contributed by atoms with Gasteiger partial charge in [0.2, 0.25) is 0 Å². The topological polar surface area (TPSA) is 31.2 Å². The maximum Gasteiger partial charge on any atom is 0.193 e. The van der Waals surface area contributed by atoms with Gasteiger partial charge in [-0.15, -0.1) is 0 Å². The van der Waals surface area contributed by atoms with Gasteiger partial charge in [-0.3, -0.25) is 4.79 Å².